The van der Waals surface area contributed by atoms with Gasteiger partial charge < -0.3 is 5.32 Å². The average molecular weight is 243 g/mol. The van der Waals surface area contributed by atoms with E-state index in [1.54, 1.807) is 6.33 Å². The lowest BCUT2D eigenvalue weighted by molar-refractivity contribution is 0.476. The van der Waals surface area contributed by atoms with Gasteiger partial charge in [-0.25, -0.2) is 9.97 Å². The quantitative estimate of drug-likeness (QED) is 0.876. The van der Waals surface area contributed by atoms with Crippen molar-refractivity contribution in [1.29, 1.82) is 0 Å². The van der Waals surface area contributed by atoms with Crippen LogP contribution in [0.5, 0.6) is 0 Å². The van der Waals surface area contributed by atoms with E-state index < -0.39 is 0 Å². The summed E-state index contributed by atoms with van der Waals surface area (Å²) in [6, 6.07) is 8.63. The molecule has 3 heteroatoms. The number of hydrogen-bond donors (Lipinski definition) is 1. The third-order valence-electron chi connectivity index (χ3n) is 3.47. The number of fused-ring (bicyclic) bond motifs is 1. The molecule has 0 aliphatic rings. The Balaban J connectivity index is 2.29. The molecular formula is C15H21N3. The molecule has 2 atom stereocenters. The maximum Gasteiger partial charge on any atom is 0.116 e. The SMILES string of the molecule is CCCNC(C)C(C)c1ncnc2ccccc12. The van der Waals surface area contributed by atoms with Crippen molar-refractivity contribution in [3.05, 3.63) is 36.3 Å². The molecule has 1 aromatic heterocycles. The molecule has 0 amide bonds. The van der Waals surface area contributed by atoms with Crippen molar-refractivity contribution in [3.8, 4) is 0 Å². The van der Waals surface area contributed by atoms with Crippen molar-refractivity contribution in [2.45, 2.75) is 39.2 Å². The van der Waals surface area contributed by atoms with E-state index in [1.165, 1.54) is 0 Å². The van der Waals surface area contributed by atoms with E-state index in [0.29, 0.717) is 12.0 Å². The molecule has 0 spiro atoms. The number of aromatic nitrogens is 2. The second-order valence-electron chi connectivity index (χ2n) is 4.81. The van der Waals surface area contributed by atoms with Crippen LogP contribution in [0.2, 0.25) is 0 Å². The Morgan fingerprint density at radius 3 is 2.72 bits per heavy atom. The summed E-state index contributed by atoms with van der Waals surface area (Å²) in [4.78, 5) is 8.80. The Kier molecular flexibility index (Phi) is 4.26. The first kappa shape index (κ1) is 13.0. The van der Waals surface area contributed by atoms with Crippen molar-refractivity contribution in [3.63, 3.8) is 0 Å². The van der Waals surface area contributed by atoms with Crippen LogP contribution in [0, 0.1) is 0 Å². The van der Waals surface area contributed by atoms with E-state index in [4.69, 9.17) is 0 Å². The van der Waals surface area contributed by atoms with Crippen LogP contribution in [0.3, 0.4) is 0 Å². The number of benzene rings is 1. The van der Waals surface area contributed by atoms with Crippen molar-refractivity contribution in [1.82, 2.24) is 15.3 Å². The summed E-state index contributed by atoms with van der Waals surface area (Å²) < 4.78 is 0. The number of nitrogens with zero attached hydrogens (tertiary/aromatic N) is 2. The molecule has 0 radical (unpaired) electrons. The largest absolute Gasteiger partial charge is 0.314 e. The Morgan fingerprint density at radius 2 is 1.94 bits per heavy atom. The number of nitrogens with one attached hydrogen (secondary N) is 1. The van der Waals surface area contributed by atoms with Gasteiger partial charge in [0.25, 0.3) is 0 Å². The minimum Gasteiger partial charge on any atom is -0.314 e. The van der Waals surface area contributed by atoms with Crippen LogP contribution in [0.15, 0.2) is 30.6 Å². The van der Waals surface area contributed by atoms with Gasteiger partial charge in [0, 0.05) is 17.3 Å². The first-order valence-electron chi connectivity index (χ1n) is 6.67. The highest BCUT2D eigenvalue weighted by Gasteiger charge is 2.17. The topological polar surface area (TPSA) is 37.8 Å². The molecule has 0 saturated heterocycles. The molecule has 0 aliphatic carbocycles. The maximum atomic E-state index is 4.48. The molecule has 2 unspecified atom stereocenters. The molecule has 1 aromatic carbocycles. The fourth-order valence-electron chi connectivity index (χ4n) is 2.17. The van der Waals surface area contributed by atoms with Crippen LogP contribution < -0.4 is 5.32 Å². The van der Waals surface area contributed by atoms with Gasteiger partial charge >= 0.3 is 0 Å². The van der Waals surface area contributed by atoms with E-state index in [0.717, 1.165) is 29.6 Å². The van der Waals surface area contributed by atoms with Gasteiger partial charge in [0.05, 0.1) is 11.2 Å². The first-order valence-corrected chi connectivity index (χ1v) is 6.67. The van der Waals surface area contributed by atoms with Crippen molar-refractivity contribution in [2.24, 2.45) is 0 Å². The van der Waals surface area contributed by atoms with Crippen molar-refractivity contribution < 1.29 is 0 Å². The summed E-state index contributed by atoms with van der Waals surface area (Å²) in [5.74, 6) is 0.379. The highest BCUT2D eigenvalue weighted by molar-refractivity contribution is 5.81. The molecule has 2 rings (SSSR count). The minimum atomic E-state index is 0.379. The van der Waals surface area contributed by atoms with Gasteiger partial charge in [0.15, 0.2) is 0 Å². The standard InChI is InChI=1S/C15H21N3/c1-4-9-16-12(3)11(2)15-13-7-5-6-8-14(13)17-10-18-15/h5-8,10-12,16H,4,9H2,1-3H3. The highest BCUT2D eigenvalue weighted by Crippen LogP contribution is 2.24. The Labute approximate surface area is 109 Å². The third kappa shape index (κ3) is 2.67. The van der Waals surface area contributed by atoms with Crippen molar-refractivity contribution >= 4 is 10.9 Å². The lowest BCUT2D eigenvalue weighted by atomic mass is 9.96. The lowest BCUT2D eigenvalue weighted by Gasteiger charge is -2.21. The van der Waals surface area contributed by atoms with E-state index in [9.17, 15) is 0 Å². The fourth-order valence-corrected chi connectivity index (χ4v) is 2.17. The molecule has 0 fully saturated rings. The van der Waals surface area contributed by atoms with Crippen LogP contribution in [0.25, 0.3) is 10.9 Å². The molecule has 3 nitrogen and oxygen atoms in total. The molecule has 96 valence electrons. The summed E-state index contributed by atoms with van der Waals surface area (Å²) in [7, 11) is 0. The van der Waals surface area contributed by atoms with Gasteiger partial charge in [-0.1, -0.05) is 32.0 Å². The maximum absolute atomic E-state index is 4.48. The predicted molar refractivity (Wildman–Crippen MR) is 75.7 cm³/mol. The lowest BCUT2D eigenvalue weighted by Crippen LogP contribution is -2.32. The Bertz CT molecular complexity index is 505. The summed E-state index contributed by atoms with van der Waals surface area (Å²) in [6.45, 7) is 7.68. The van der Waals surface area contributed by atoms with E-state index in [2.05, 4.69) is 42.1 Å². The molecule has 0 saturated carbocycles. The van der Waals surface area contributed by atoms with Gasteiger partial charge in [0.1, 0.15) is 6.33 Å². The molecule has 2 aromatic rings. The summed E-state index contributed by atoms with van der Waals surface area (Å²) >= 11 is 0. The molecule has 0 aliphatic heterocycles. The van der Waals surface area contributed by atoms with Crippen LogP contribution >= 0.6 is 0 Å². The average Bonchev–Trinajstić information content (AvgIpc) is 2.43. The molecule has 1 heterocycles. The summed E-state index contributed by atoms with van der Waals surface area (Å²) in [5, 5.41) is 4.70. The zero-order chi connectivity index (χ0) is 13.0. The molecule has 1 N–H and O–H groups in total. The zero-order valence-electron chi connectivity index (χ0n) is 11.4. The second-order valence-corrected chi connectivity index (χ2v) is 4.81. The van der Waals surface area contributed by atoms with Gasteiger partial charge in [-0.3, -0.25) is 0 Å². The molecule has 18 heavy (non-hydrogen) atoms. The van der Waals surface area contributed by atoms with Gasteiger partial charge in [-0.2, -0.15) is 0 Å². The summed E-state index contributed by atoms with van der Waals surface area (Å²) in [6.07, 6.45) is 2.82. The van der Waals surface area contributed by atoms with Crippen LogP contribution in [-0.4, -0.2) is 22.6 Å². The Morgan fingerprint density at radius 1 is 1.17 bits per heavy atom. The number of para-hydroxylation sites is 1. The van der Waals surface area contributed by atoms with E-state index >= 15 is 0 Å². The summed E-state index contributed by atoms with van der Waals surface area (Å²) in [5.41, 5.74) is 2.16. The monoisotopic (exact) mass is 243 g/mol. The number of hydrogen-bond acceptors (Lipinski definition) is 3. The van der Waals surface area contributed by atoms with Gasteiger partial charge in [-0.15, -0.1) is 0 Å². The molecular weight excluding hydrogens is 222 g/mol. The molecule has 0 bridgehead atoms. The van der Waals surface area contributed by atoms with Gasteiger partial charge in [-0.05, 0) is 26.0 Å². The van der Waals surface area contributed by atoms with Crippen molar-refractivity contribution in [2.75, 3.05) is 6.54 Å². The minimum absolute atomic E-state index is 0.379. The predicted octanol–water partition coefficient (Wildman–Crippen LogP) is 3.12. The highest BCUT2D eigenvalue weighted by atomic mass is 14.9. The number of rotatable bonds is 5. The first-order chi connectivity index (χ1) is 8.74. The normalized spacial score (nSPS) is 14.6. The van der Waals surface area contributed by atoms with Crippen LogP contribution in [-0.2, 0) is 0 Å². The zero-order valence-corrected chi connectivity index (χ0v) is 11.4. The second kappa shape index (κ2) is 5.91. The van der Waals surface area contributed by atoms with E-state index in [1.807, 2.05) is 18.2 Å². The van der Waals surface area contributed by atoms with Crippen LogP contribution in [0.1, 0.15) is 38.8 Å². The van der Waals surface area contributed by atoms with Gasteiger partial charge in [0.2, 0.25) is 0 Å². The van der Waals surface area contributed by atoms with Crippen LogP contribution in [0.4, 0.5) is 0 Å². The fraction of sp³-hybridized carbons (Fsp3) is 0.467. The smallest absolute Gasteiger partial charge is 0.116 e. The third-order valence-corrected chi connectivity index (χ3v) is 3.47. The Hall–Kier alpha value is -1.48. The van der Waals surface area contributed by atoms with E-state index in [-0.39, 0.29) is 0 Å².